The Labute approximate surface area is 175 Å². The monoisotopic (exact) mass is 438 g/mol. The first kappa shape index (κ1) is 19.7. The molecule has 1 aliphatic rings. The van der Waals surface area contributed by atoms with E-state index in [1.54, 1.807) is 48.5 Å². The van der Waals surface area contributed by atoms with Gasteiger partial charge in [0.05, 0.1) is 17.6 Å². The molecule has 0 atom stereocenters. The molecular formula is C18H12Cl2N2O3S2. The predicted octanol–water partition coefficient (Wildman–Crippen LogP) is 5.18. The second-order valence-electron chi connectivity index (χ2n) is 5.29. The summed E-state index contributed by atoms with van der Waals surface area (Å²) < 4.78 is 5.17. The average molecular weight is 439 g/mol. The van der Waals surface area contributed by atoms with Crippen molar-refractivity contribution in [3.05, 3.63) is 68.5 Å². The molecule has 0 aromatic heterocycles. The maximum Gasteiger partial charge on any atom is 0.310 e. The molecule has 0 radical (unpaired) electrons. The number of amides is 2. The summed E-state index contributed by atoms with van der Waals surface area (Å²) in [6, 6.07) is 11.8. The van der Waals surface area contributed by atoms with E-state index < -0.39 is 11.1 Å². The molecule has 9 heteroatoms. The van der Waals surface area contributed by atoms with Crippen molar-refractivity contribution in [3.8, 4) is 5.75 Å². The fourth-order valence-corrected chi connectivity index (χ4v) is 3.99. The molecule has 1 aliphatic heterocycles. The molecule has 2 aromatic rings. The van der Waals surface area contributed by atoms with Gasteiger partial charge in [-0.05, 0) is 42.1 Å². The van der Waals surface area contributed by atoms with Crippen molar-refractivity contribution in [1.82, 2.24) is 10.4 Å². The number of thiocarbonyl (C=S) groups is 1. The first-order valence-electron chi connectivity index (χ1n) is 7.58. The Kier molecular flexibility index (Phi) is 6.06. The maximum atomic E-state index is 12.5. The van der Waals surface area contributed by atoms with Crippen LogP contribution in [0, 0.1) is 0 Å². The largest absolute Gasteiger partial charge is 0.496 e. The number of rotatable bonds is 4. The minimum atomic E-state index is -0.513. The summed E-state index contributed by atoms with van der Waals surface area (Å²) in [5, 5.41) is 1.45. The molecular weight excluding hydrogens is 427 g/mol. The molecule has 0 bridgehead atoms. The number of hydrogen-bond acceptors (Lipinski definition) is 5. The molecule has 2 amide bonds. The van der Waals surface area contributed by atoms with Crippen molar-refractivity contribution in [3.63, 3.8) is 0 Å². The molecule has 0 aliphatic carbocycles. The van der Waals surface area contributed by atoms with Gasteiger partial charge in [-0.3, -0.25) is 15.0 Å². The van der Waals surface area contributed by atoms with E-state index in [1.807, 2.05) is 0 Å². The van der Waals surface area contributed by atoms with Gasteiger partial charge in [0.2, 0.25) is 0 Å². The van der Waals surface area contributed by atoms with E-state index in [4.69, 9.17) is 40.2 Å². The number of ether oxygens (including phenoxy) is 1. The quantitative estimate of drug-likeness (QED) is 0.525. The second kappa shape index (κ2) is 8.31. The summed E-state index contributed by atoms with van der Waals surface area (Å²) in [6.45, 7) is 0. The van der Waals surface area contributed by atoms with E-state index in [0.717, 1.165) is 16.8 Å². The summed E-state index contributed by atoms with van der Waals surface area (Å²) >= 11 is 18.5. The van der Waals surface area contributed by atoms with Crippen molar-refractivity contribution >= 4 is 69.4 Å². The average Bonchev–Trinajstić information content (AvgIpc) is 2.92. The summed E-state index contributed by atoms with van der Waals surface area (Å²) in [6.07, 6.45) is 1.63. The lowest BCUT2D eigenvalue weighted by atomic mass is 10.2. The topological polar surface area (TPSA) is 58.6 Å². The fourth-order valence-electron chi connectivity index (χ4n) is 2.34. The van der Waals surface area contributed by atoms with Crippen molar-refractivity contribution in [2.75, 3.05) is 7.11 Å². The van der Waals surface area contributed by atoms with Gasteiger partial charge in [-0.1, -0.05) is 53.6 Å². The second-order valence-corrected chi connectivity index (χ2v) is 7.49. The number of nitrogens with one attached hydrogen (secondary N) is 1. The summed E-state index contributed by atoms with van der Waals surface area (Å²) in [7, 11) is 1.46. The van der Waals surface area contributed by atoms with Crippen LogP contribution >= 0.6 is 47.2 Å². The van der Waals surface area contributed by atoms with E-state index in [-0.39, 0.29) is 10.6 Å². The van der Waals surface area contributed by atoms with Crippen LogP contribution < -0.4 is 10.2 Å². The third kappa shape index (κ3) is 4.11. The van der Waals surface area contributed by atoms with Crippen LogP contribution in [0.2, 0.25) is 10.0 Å². The smallest absolute Gasteiger partial charge is 0.310 e. The van der Waals surface area contributed by atoms with Crippen LogP contribution in [0.5, 0.6) is 5.75 Å². The van der Waals surface area contributed by atoms with E-state index in [9.17, 15) is 9.59 Å². The van der Waals surface area contributed by atoms with Crippen LogP contribution in [0.1, 0.15) is 15.9 Å². The van der Waals surface area contributed by atoms with E-state index in [0.29, 0.717) is 26.3 Å². The normalized spacial score (nSPS) is 15.4. The Balaban J connectivity index is 1.84. The number of hydrazine groups is 1. The molecule has 27 heavy (non-hydrogen) atoms. The minimum Gasteiger partial charge on any atom is -0.496 e. The van der Waals surface area contributed by atoms with Gasteiger partial charge in [0.25, 0.3) is 5.91 Å². The number of methoxy groups -OCH3 is 1. The molecule has 138 valence electrons. The first-order chi connectivity index (χ1) is 12.9. The van der Waals surface area contributed by atoms with Gasteiger partial charge in [0.15, 0.2) is 0 Å². The molecule has 1 fully saturated rings. The number of halogens is 2. The van der Waals surface area contributed by atoms with Crippen molar-refractivity contribution in [2.45, 2.75) is 0 Å². The molecule has 2 aromatic carbocycles. The standard InChI is InChI=1S/C18H12Cl2N2O3S2/c1-25-14-8-3-2-5-10(14)16(23)21-22-17(26)15(27-18(22)24)9-11-12(19)6-4-7-13(11)20/h2-9H,1H3,(H,21,23)/b15-9-. The zero-order valence-corrected chi connectivity index (χ0v) is 17.0. The Hall–Kier alpha value is -2.06. The molecule has 0 saturated carbocycles. The number of carbonyl (C=O) groups is 2. The Morgan fingerprint density at radius 2 is 1.85 bits per heavy atom. The lowest BCUT2D eigenvalue weighted by molar-refractivity contribution is 0.0893. The Morgan fingerprint density at radius 3 is 2.52 bits per heavy atom. The number of nitrogens with zero attached hydrogens (tertiary/aromatic N) is 1. The third-order valence-electron chi connectivity index (χ3n) is 3.63. The van der Waals surface area contributed by atoms with Gasteiger partial charge in [-0.15, -0.1) is 0 Å². The SMILES string of the molecule is COc1ccccc1C(=O)NN1C(=O)S/C(=C\c2c(Cl)cccc2Cl)C1=S. The van der Waals surface area contributed by atoms with Crippen molar-refractivity contribution < 1.29 is 14.3 Å². The van der Waals surface area contributed by atoms with Gasteiger partial charge in [-0.2, -0.15) is 5.01 Å². The minimum absolute atomic E-state index is 0.157. The van der Waals surface area contributed by atoms with Crippen LogP contribution in [0.15, 0.2) is 47.4 Å². The molecule has 3 rings (SSSR count). The number of carbonyl (C=O) groups excluding carboxylic acids is 2. The van der Waals surface area contributed by atoms with Gasteiger partial charge in [0.1, 0.15) is 10.7 Å². The highest BCUT2D eigenvalue weighted by atomic mass is 35.5. The van der Waals surface area contributed by atoms with E-state index >= 15 is 0 Å². The van der Waals surface area contributed by atoms with Crippen LogP contribution in [0.3, 0.4) is 0 Å². The molecule has 0 spiro atoms. The highest BCUT2D eigenvalue weighted by molar-refractivity contribution is 8.19. The molecule has 1 saturated heterocycles. The molecule has 1 heterocycles. The molecule has 1 N–H and O–H groups in total. The predicted molar refractivity (Wildman–Crippen MR) is 112 cm³/mol. The fraction of sp³-hybridized carbons (Fsp3) is 0.0556. The molecule has 0 unspecified atom stereocenters. The Morgan fingerprint density at radius 1 is 1.19 bits per heavy atom. The summed E-state index contributed by atoms with van der Waals surface area (Å²) in [5.74, 6) is -0.125. The first-order valence-corrected chi connectivity index (χ1v) is 9.56. The van der Waals surface area contributed by atoms with Crippen LogP contribution in [-0.4, -0.2) is 28.3 Å². The Bertz CT molecular complexity index is 959. The van der Waals surface area contributed by atoms with Gasteiger partial charge < -0.3 is 4.74 Å². The highest BCUT2D eigenvalue weighted by Gasteiger charge is 2.34. The zero-order valence-electron chi connectivity index (χ0n) is 13.9. The van der Waals surface area contributed by atoms with Crippen LogP contribution in [0.4, 0.5) is 4.79 Å². The van der Waals surface area contributed by atoms with E-state index in [2.05, 4.69) is 5.43 Å². The third-order valence-corrected chi connectivity index (χ3v) is 5.71. The number of benzene rings is 2. The summed E-state index contributed by atoms with van der Waals surface area (Å²) in [4.78, 5) is 25.5. The number of thioether (sulfide) groups is 1. The van der Waals surface area contributed by atoms with Crippen LogP contribution in [0.25, 0.3) is 6.08 Å². The van der Waals surface area contributed by atoms with E-state index in [1.165, 1.54) is 7.11 Å². The number of hydrogen-bond donors (Lipinski definition) is 1. The van der Waals surface area contributed by atoms with Gasteiger partial charge in [0, 0.05) is 15.6 Å². The lowest BCUT2D eigenvalue weighted by Gasteiger charge is -2.17. The van der Waals surface area contributed by atoms with Gasteiger partial charge >= 0.3 is 5.24 Å². The summed E-state index contributed by atoms with van der Waals surface area (Å²) in [5.41, 5.74) is 3.35. The highest BCUT2D eigenvalue weighted by Crippen LogP contribution is 2.35. The van der Waals surface area contributed by atoms with Crippen molar-refractivity contribution in [2.24, 2.45) is 0 Å². The lowest BCUT2D eigenvalue weighted by Crippen LogP contribution is -2.44. The maximum absolute atomic E-state index is 12.5. The number of para-hydroxylation sites is 1. The molecule has 5 nitrogen and oxygen atoms in total. The zero-order chi connectivity index (χ0) is 19.6. The van der Waals surface area contributed by atoms with Crippen molar-refractivity contribution in [1.29, 1.82) is 0 Å². The van der Waals surface area contributed by atoms with Gasteiger partial charge in [-0.25, -0.2) is 0 Å². The van der Waals surface area contributed by atoms with Crippen LogP contribution in [-0.2, 0) is 0 Å².